The van der Waals surface area contributed by atoms with Crippen LogP contribution in [0.3, 0.4) is 0 Å². The van der Waals surface area contributed by atoms with Crippen molar-refractivity contribution in [1.82, 2.24) is 3.45 Å². The smallest absolute Gasteiger partial charge is 0.480 e. The molecule has 6 nitrogen and oxygen atoms in total. The van der Waals surface area contributed by atoms with E-state index in [-0.39, 0.29) is 0 Å². The summed E-state index contributed by atoms with van der Waals surface area (Å²) in [5.74, 6) is -0.597. The summed E-state index contributed by atoms with van der Waals surface area (Å²) in [5, 5.41) is 8.64. The first-order chi connectivity index (χ1) is 6.68. The average Bonchev–Trinajstić information content (AvgIpc) is 1.97. The van der Waals surface area contributed by atoms with E-state index in [1.807, 2.05) is 13.8 Å². The summed E-state index contributed by atoms with van der Waals surface area (Å²) in [5.41, 5.74) is 0. The Balaban J connectivity index is 0. The van der Waals surface area contributed by atoms with Crippen LogP contribution in [0.25, 0.3) is 0 Å². The summed E-state index contributed by atoms with van der Waals surface area (Å²) in [7, 11) is -2.87. The van der Waals surface area contributed by atoms with Gasteiger partial charge in [0.05, 0.1) is 0 Å². The monoisotopic (exact) mass is 324 g/mol. The van der Waals surface area contributed by atoms with Gasteiger partial charge in [-0.15, -0.1) is 13.2 Å². The lowest BCUT2D eigenvalue weighted by molar-refractivity contribution is -0.140. The third kappa shape index (κ3) is 14.2. The van der Waals surface area contributed by atoms with Crippen molar-refractivity contribution in [2.45, 2.75) is 26.3 Å². The summed E-state index contributed by atoms with van der Waals surface area (Å²) < 4.78 is 9.73. The van der Waals surface area contributed by atoms with Crippen molar-refractivity contribution in [2.24, 2.45) is 5.92 Å². The van der Waals surface area contributed by atoms with E-state index in [1.54, 1.807) is 0 Å². The Morgan fingerprint density at radius 3 is 1.93 bits per heavy atom. The SMILES string of the molecule is CC(C)C[C@@H](C(=O)O)N(Cl)Br.O=[P+](O)O. The van der Waals surface area contributed by atoms with Gasteiger partial charge < -0.3 is 5.11 Å². The van der Waals surface area contributed by atoms with Crippen molar-refractivity contribution in [3.63, 3.8) is 0 Å². The van der Waals surface area contributed by atoms with Gasteiger partial charge in [-0.1, -0.05) is 13.8 Å². The highest BCUT2D eigenvalue weighted by molar-refractivity contribution is 9.08. The van der Waals surface area contributed by atoms with E-state index in [2.05, 4.69) is 16.1 Å². The molecule has 0 heterocycles. The van der Waals surface area contributed by atoms with Gasteiger partial charge in [0, 0.05) is 20.7 Å². The molecule has 90 valence electrons. The Hall–Kier alpha value is 0.220. The number of aliphatic carboxylic acids is 1. The Bertz CT molecular complexity index is 212. The Labute approximate surface area is 102 Å². The number of hydrogen-bond acceptors (Lipinski definition) is 3. The van der Waals surface area contributed by atoms with E-state index >= 15 is 0 Å². The van der Waals surface area contributed by atoms with Gasteiger partial charge in [-0.05, 0) is 24.1 Å². The predicted molar refractivity (Wildman–Crippen MR) is 59.5 cm³/mol. The van der Waals surface area contributed by atoms with E-state index < -0.39 is 20.3 Å². The summed E-state index contributed by atoms with van der Waals surface area (Å²) in [6, 6.07) is -0.656. The molecule has 0 radical (unpaired) electrons. The fourth-order valence-corrected chi connectivity index (χ4v) is 1.22. The Kier molecular flexibility index (Phi) is 11.1. The number of nitrogens with zero attached hydrogens (tertiary/aromatic N) is 1. The molecule has 15 heavy (non-hydrogen) atoms. The summed E-state index contributed by atoms with van der Waals surface area (Å²) in [6.07, 6.45) is 0.532. The quantitative estimate of drug-likeness (QED) is 0.539. The standard InChI is InChI=1S/C6H11BrClNO2.HO3P/c1-4(2)3-5(6(10)11)9(7)8;1-4(2)3/h4-5H,3H2,1-2H3,(H,10,11);(H-,1,2,3)/p+1/t5-;/m0./s1. The number of carboxylic acids is 1. The maximum atomic E-state index is 10.5. The first-order valence-corrected chi connectivity index (χ1v) is 6.08. The van der Waals surface area contributed by atoms with Gasteiger partial charge >= 0.3 is 14.2 Å². The highest BCUT2D eigenvalue weighted by atomic mass is 79.9. The van der Waals surface area contributed by atoms with Crippen molar-refractivity contribution < 1.29 is 24.3 Å². The van der Waals surface area contributed by atoms with E-state index in [4.69, 9.17) is 31.2 Å². The Morgan fingerprint density at radius 2 is 1.87 bits per heavy atom. The molecule has 1 atom stereocenters. The normalized spacial score (nSPS) is 12.0. The zero-order valence-electron chi connectivity index (χ0n) is 8.17. The van der Waals surface area contributed by atoms with Crippen LogP contribution in [0.5, 0.6) is 0 Å². The van der Waals surface area contributed by atoms with Crippen LogP contribution in [0.1, 0.15) is 20.3 Å². The fraction of sp³-hybridized carbons (Fsp3) is 0.833. The van der Waals surface area contributed by atoms with Crippen LogP contribution in [-0.4, -0.2) is 30.3 Å². The lowest BCUT2D eigenvalue weighted by Crippen LogP contribution is -2.30. The predicted octanol–water partition coefficient (Wildman–Crippen LogP) is 1.88. The third-order valence-electron chi connectivity index (χ3n) is 1.22. The summed E-state index contributed by atoms with van der Waals surface area (Å²) >= 11 is 8.34. The second-order valence-corrected chi connectivity index (χ2v) is 5.04. The van der Waals surface area contributed by atoms with Crippen LogP contribution in [0.4, 0.5) is 0 Å². The van der Waals surface area contributed by atoms with E-state index in [9.17, 15) is 4.79 Å². The Morgan fingerprint density at radius 1 is 1.53 bits per heavy atom. The van der Waals surface area contributed by atoms with E-state index in [0.717, 1.165) is 3.45 Å². The largest absolute Gasteiger partial charge is 0.692 e. The zero-order chi connectivity index (χ0) is 12.6. The molecule has 0 saturated heterocycles. The maximum Gasteiger partial charge on any atom is 0.692 e. The molecule has 0 aliphatic carbocycles. The van der Waals surface area contributed by atoms with Gasteiger partial charge in [0.15, 0.2) is 0 Å². The van der Waals surface area contributed by atoms with Crippen LogP contribution < -0.4 is 0 Å². The molecule has 0 spiro atoms. The average molecular weight is 326 g/mol. The van der Waals surface area contributed by atoms with Crippen molar-refractivity contribution in [1.29, 1.82) is 0 Å². The molecule has 0 fully saturated rings. The number of carbonyl (C=O) groups is 1. The molecule has 0 amide bonds. The molecule has 3 N–H and O–H groups in total. The number of rotatable bonds is 4. The number of hydrogen-bond donors (Lipinski definition) is 3. The lowest BCUT2D eigenvalue weighted by Gasteiger charge is -2.16. The summed E-state index contributed by atoms with van der Waals surface area (Å²) in [6.45, 7) is 3.90. The lowest BCUT2D eigenvalue weighted by atomic mass is 10.1. The molecule has 0 aliphatic heterocycles. The molecular weight excluding hydrogens is 312 g/mol. The van der Waals surface area contributed by atoms with Crippen LogP contribution in [0, 0.1) is 5.92 Å². The van der Waals surface area contributed by atoms with Crippen molar-refractivity contribution in [3.05, 3.63) is 0 Å². The molecular formula is C6H13BrClNO5P+. The highest BCUT2D eigenvalue weighted by Crippen LogP contribution is 2.17. The van der Waals surface area contributed by atoms with Crippen LogP contribution in [-0.2, 0) is 9.36 Å². The molecule has 0 bridgehead atoms. The second-order valence-electron chi connectivity index (χ2n) is 3.00. The van der Waals surface area contributed by atoms with Crippen LogP contribution in [0.2, 0.25) is 0 Å². The van der Waals surface area contributed by atoms with Gasteiger partial charge in [-0.2, -0.15) is 0 Å². The van der Waals surface area contributed by atoms with Gasteiger partial charge in [0.2, 0.25) is 0 Å². The summed E-state index contributed by atoms with van der Waals surface area (Å²) in [4.78, 5) is 24.8. The van der Waals surface area contributed by atoms with Crippen molar-refractivity contribution >= 4 is 42.1 Å². The number of halogens is 2. The number of carboxylic acid groups (broad SMARTS) is 1. The van der Waals surface area contributed by atoms with Crippen molar-refractivity contribution in [2.75, 3.05) is 0 Å². The second kappa shape index (κ2) is 9.45. The molecule has 0 aliphatic rings. The molecule has 0 unspecified atom stereocenters. The molecule has 0 aromatic heterocycles. The molecule has 0 aromatic rings. The van der Waals surface area contributed by atoms with Crippen LogP contribution in [0.15, 0.2) is 0 Å². The van der Waals surface area contributed by atoms with Gasteiger partial charge in [0.1, 0.15) is 6.04 Å². The minimum Gasteiger partial charge on any atom is -0.480 e. The van der Waals surface area contributed by atoms with E-state index in [0.29, 0.717) is 12.3 Å². The third-order valence-corrected chi connectivity index (χ3v) is 1.95. The topological polar surface area (TPSA) is 98.1 Å². The van der Waals surface area contributed by atoms with Crippen LogP contribution >= 0.6 is 36.2 Å². The van der Waals surface area contributed by atoms with Gasteiger partial charge in [-0.25, -0.2) is 0 Å². The first kappa shape index (κ1) is 17.6. The first-order valence-electron chi connectivity index (χ1n) is 3.87. The fourth-order valence-electron chi connectivity index (χ4n) is 0.711. The maximum absolute atomic E-state index is 10.5. The molecule has 0 rings (SSSR count). The minimum atomic E-state index is -2.87. The minimum absolute atomic E-state index is 0.315. The molecule has 0 aromatic carbocycles. The van der Waals surface area contributed by atoms with E-state index in [1.165, 1.54) is 0 Å². The molecule has 0 saturated carbocycles. The van der Waals surface area contributed by atoms with Gasteiger partial charge in [0.25, 0.3) is 0 Å². The highest BCUT2D eigenvalue weighted by Gasteiger charge is 2.23. The van der Waals surface area contributed by atoms with Crippen molar-refractivity contribution in [3.8, 4) is 0 Å². The molecule has 9 heteroatoms. The zero-order valence-corrected chi connectivity index (χ0v) is 11.4. The van der Waals surface area contributed by atoms with Gasteiger partial charge in [-0.3, -0.25) is 4.79 Å².